The number of H-pyrrole nitrogens is 1. The van der Waals surface area contributed by atoms with Crippen LogP contribution in [0.25, 0.3) is 22.0 Å². The van der Waals surface area contributed by atoms with Gasteiger partial charge in [0.25, 0.3) is 5.91 Å². The van der Waals surface area contributed by atoms with Gasteiger partial charge < -0.3 is 21.4 Å². The lowest BCUT2D eigenvalue weighted by Crippen LogP contribution is -2.37. The van der Waals surface area contributed by atoms with E-state index in [0.717, 1.165) is 35.0 Å². The van der Waals surface area contributed by atoms with E-state index in [1.165, 1.54) is 12.1 Å². The van der Waals surface area contributed by atoms with Crippen LogP contribution < -0.4 is 16.4 Å². The smallest absolute Gasteiger partial charge is 0.268 e. The van der Waals surface area contributed by atoms with Crippen molar-refractivity contribution in [3.05, 3.63) is 60.0 Å². The van der Waals surface area contributed by atoms with E-state index in [4.69, 9.17) is 5.73 Å². The summed E-state index contributed by atoms with van der Waals surface area (Å²) in [5.74, 6) is 0.00429. The van der Waals surface area contributed by atoms with Crippen LogP contribution in [0.3, 0.4) is 0 Å². The number of aromatic nitrogens is 1. The number of para-hydroxylation sites is 1. The average molecular weight is 439 g/mol. The number of aromatic amines is 1. The number of nitrogens with two attached hydrogens (primary N) is 1. The Morgan fingerprint density at radius 3 is 2.55 bits per heavy atom. The Balaban J connectivity index is 0.00000150. The number of hydrogen-bond donors (Lipinski definition) is 4. The fourth-order valence-electron chi connectivity index (χ4n) is 3.77. The van der Waals surface area contributed by atoms with Gasteiger partial charge in [-0.1, -0.05) is 30.3 Å². The first-order valence-corrected chi connectivity index (χ1v) is 9.24. The van der Waals surface area contributed by atoms with Gasteiger partial charge in [-0.2, -0.15) is 0 Å². The normalized spacial score (nSPS) is 18.1. The molecule has 0 bridgehead atoms. The molecule has 0 saturated carbocycles. The molecular formula is C21H25Cl2FN4O. The molecule has 1 amide bonds. The molecule has 5 nitrogen and oxygen atoms in total. The minimum atomic E-state index is -0.300. The summed E-state index contributed by atoms with van der Waals surface area (Å²) in [6.45, 7) is 2.10. The van der Waals surface area contributed by atoms with E-state index < -0.39 is 0 Å². The SMILES string of the molecule is Cl.Cl.NC[C@@H]1CN[C@H](CNC(=O)c2[nH]c3ccccc3c2-c2ccc(F)cc2)C1. The molecule has 1 aromatic heterocycles. The highest BCUT2D eigenvalue weighted by Crippen LogP contribution is 2.32. The largest absolute Gasteiger partial charge is 0.350 e. The van der Waals surface area contributed by atoms with Crippen LogP contribution >= 0.6 is 24.8 Å². The summed E-state index contributed by atoms with van der Waals surface area (Å²) in [4.78, 5) is 16.1. The number of benzene rings is 2. The summed E-state index contributed by atoms with van der Waals surface area (Å²) in [5.41, 5.74) is 8.70. The Kier molecular flexibility index (Phi) is 8.05. The quantitative estimate of drug-likeness (QED) is 0.491. The lowest BCUT2D eigenvalue weighted by Gasteiger charge is -2.12. The third-order valence-electron chi connectivity index (χ3n) is 5.22. The van der Waals surface area contributed by atoms with Gasteiger partial charge in [0, 0.05) is 29.1 Å². The van der Waals surface area contributed by atoms with Crippen molar-refractivity contribution >= 4 is 41.6 Å². The van der Waals surface area contributed by atoms with Crippen LogP contribution in [0.15, 0.2) is 48.5 Å². The molecule has 8 heteroatoms. The topological polar surface area (TPSA) is 82.9 Å². The van der Waals surface area contributed by atoms with Crippen molar-refractivity contribution in [2.45, 2.75) is 12.5 Å². The summed E-state index contributed by atoms with van der Waals surface area (Å²) in [7, 11) is 0. The van der Waals surface area contributed by atoms with Crippen LogP contribution in [0.1, 0.15) is 16.9 Å². The van der Waals surface area contributed by atoms with Crippen molar-refractivity contribution in [2.75, 3.05) is 19.6 Å². The van der Waals surface area contributed by atoms with Crippen LogP contribution in [0.2, 0.25) is 0 Å². The molecule has 1 aliphatic heterocycles. The number of rotatable bonds is 5. The van der Waals surface area contributed by atoms with Crippen LogP contribution in [0.4, 0.5) is 4.39 Å². The molecule has 0 radical (unpaired) electrons. The maximum atomic E-state index is 13.4. The second-order valence-corrected chi connectivity index (χ2v) is 7.08. The number of amides is 1. The highest BCUT2D eigenvalue weighted by molar-refractivity contribution is 6.09. The highest BCUT2D eigenvalue weighted by Gasteiger charge is 2.24. The summed E-state index contributed by atoms with van der Waals surface area (Å²) in [6.07, 6.45) is 0.967. The maximum absolute atomic E-state index is 13.4. The number of halogens is 3. The molecule has 3 aromatic rings. The Morgan fingerprint density at radius 1 is 1.14 bits per heavy atom. The first-order chi connectivity index (χ1) is 13.2. The lowest BCUT2D eigenvalue weighted by atomic mass is 10.0. The van der Waals surface area contributed by atoms with E-state index in [1.807, 2.05) is 24.3 Å². The minimum Gasteiger partial charge on any atom is -0.350 e. The van der Waals surface area contributed by atoms with Crippen LogP contribution in [-0.2, 0) is 0 Å². The molecule has 29 heavy (non-hydrogen) atoms. The third-order valence-corrected chi connectivity index (χ3v) is 5.22. The first-order valence-electron chi connectivity index (χ1n) is 9.24. The van der Waals surface area contributed by atoms with Gasteiger partial charge in [-0.15, -0.1) is 24.8 Å². The number of nitrogens with one attached hydrogen (secondary N) is 3. The summed E-state index contributed by atoms with van der Waals surface area (Å²) in [6, 6.07) is 14.2. The third kappa shape index (κ3) is 4.90. The average Bonchev–Trinajstić information content (AvgIpc) is 3.31. The summed E-state index contributed by atoms with van der Waals surface area (Å²) >= 11 is 0. The van der Waals surface area contributed by atoms with Crippen molar-refractivity contribution in [1.29, 1.82) is 0 Å². The fourth-order valence-corrected chi connectivity index (χ4v) is 3.77. The Bertz CT molecular complexity index is 961. The van der Waals surface area contributed by atoms with Crippen molar-refractivity contribution in [1.82, 2.24) is 15.6 Å². The second-order valence-electron chi connectivity index (χ2n) is 7.08. The van der Waals surface area contributed by atoms with E-state index in [-0.39, 0.29) is 42.6 Å². The Morgan fingerprint density at radius 2 is 1.86 bits per heavy atom. The number of hydrogen-bond acceptors (Lipinski definition) is 3. The number of fused-ring (bicyclic) bond motifs is 1. The predicted octanol–water partition coefficient (Wildman–Crippen LogP) is 3.48. The standard InChI is InChI=1S/C21H23FN4O.2ClH/c22-15-7-5-14(6-8-15)19-17-3-1-2-4-18(17)26-20(19)21(27)25-12-16-9-13(10-23)11-24-16;;/h1-8,13,16,24,26H,9-12,23H2,(H,25,27);2*1H/t13-,16+;;/m1../s1. The molecule has 1 saturated heterocycles. The van der Waals surface area contributed by atoms with Crippen molar-refractivity contribution in [3.8, 4) is 11.1 Å². The zero-order chi connectivity index (χ0) is 18.8. The van der Waals surface area contributed by atoms with E-state index in [9.17, 15) is 9.18 Å². The van der Waals surface area contributed by atoms with Crippen molar-refractivity contribution < 1.29 is 9.18 Å². The van der Waals surface area contributed by atoms with Crippen LogP contribution in [-0.4, -0.2) is 36.6 Å². The van der Waals surface area contributed by atoms with E-state index in [1.54, 1.807) is 12.1 Å². The van der Waals surface area contributed by atoms with Gasteiger partial charge >= 0.3 is 0 Å². The Labute approximate surface area is 181 Å². The van der Waals surface area contributed by atoms with E-state index in [0.29, 0.717) is 24.7 Å². The zero-order valence-corrected chi connectivity index (χ0v) is 17.4. The molecule has 2 atom stereocenters. The van der Waals surface area contributed by atoms with E-state index >= 15 is 0 Å². The minimum absolute atomic E-state index is 0. The number of carbonyl (C=O) groups excluding carboxylic acids is 1. The molecule has 5 N–H and O–H groups in total. The molecule has 1 aliphatic rings. The van der Waals surface area contributed by atoms with E-state index in [2.05, 4.69) is 15.6 Å². The van der Waals surface area contributed by atoms with Gasteiger partial charge in [-0.25, -0.2) is 4.39 Å². The molecule has 0 unspecified atom stereocenters. The van der Waals surface area contributed by atoms with Gasteiger partial charge in [0.15, 0.2) is 0 Å². The Hall–Kier alpha value is -2.12. The molecule has 2 heterocycles. The van der Waals surface area contributed by atoms with Gasteiger partial charge in [-0.3, -0.25) is 4.79 Å². The van der Waals surface area contributed by atoms with Gasteiger partial charge in [0.2, 0.25) is 0 Å². The molecule has 2 aromatic carbocycles. The first kappa shape index (κ1) is 23.2. The van der Waals surface area contributed by atoms with Crippen LogP contribution in [0.5, 0.6) is 0 Å². The lowest BCUT2D eigenvalue weighted by molar-refractivity contribution is 0.0946. The molecule has 4 rings (SSSR count). The van der Waals surface area contributed by atoms with Crippen molar-refractivity contribution in [2.24, 2.45) is 11.7 Å². The fraction of sp³-hybridized carbons (Fsp3) is 0.286. The zero-order valence-electron chi connectivity index (χ0n) is 15.8. The molecule has 1 fully saturated rings. The summed E-state index contributed by atoms with van der Waals surface area (Å²) < 4.78 is 13.4. The molecule has 0 aliphatic carbocycles. The van der Waals surface area contributed by atoms with Gasteiger partial charge in [0.05, 0.1) is 0 Å². The second kappa shape index (κ2) is 10.1. The van der Waals surface area contributed by atoms with Crippen LogP contribution in [0, 0.1) is 11.7 Å². The predicted molar refractivity (Wildman–Crippen MR) is 119 cm³/mol. The molecule has 0 spiro atoms. The highest BCUT2D eigenvalue weighted by atomic mass is 35.5. The monoisotopic (exact) mass is 438 g/mol. The molecule has 156 valence electrons. The van der Waals surface area contributed by atoms with Gasteiger partial charge in [-0.05, 0) is 49.2 Å². The summed E-state index contributed by atoms with van der Waals surface area (Å²) in [5, 5.41) is 7.36. The number of carbonyl (C=O) groups is 1. The van der Waals surface area contributed by atoms with Gasteiger partial charge in [0.1, 0.15) is 11.5 Å². The van der Waals surface area contributed by atoms with Crippen molar-refractivity contribution in [3.63, 3.8) is 0 Å². The molecular weight excluding hydrogens is 414 g/mol. The maximum Gasteiger partial charge on any atom is 0.268 e.